The number of thioether (sulfide) groups is 1. The van der Waals surface area contributed by atoms with Crippen LogP contribution in [0.15, 0.2) is 18.2 Å². The fourth-order valence-electron chi connectivity index (χ4n) is 1.97. The molecule has 1 saturated heterocycles. The van der Waals surface area contributed by atoms with E-state index in [4.69, 9.17) is 0 Å². The van der Waals surface area contributed by atoms with Crippen molar-refractivity contribution in [2.45, 2.75) is 6.92 Å². The Labute approximate surface area is 110 Å². The second-order valence-electron chi connectivity index (χ2n) is 4.31. The third-order valence-electron chi connectivity index (χ3n) is 2.95. The van der Waals surface area contributed by atoms with Crippen LogP contribution in [0.1, 0.15) is 5.69 Å². The predicted molar refractivity (Wildman–Crippen MR) is 73.9 cm³/mol. The summed E-state index contributed by atoms with van der Waals surface area (Å²) in [4.78, 5) is 2.28. The molecule has 94 valence electrons. The van der Waals surface area contributed by atoms with Crippen LogP contribution in [0.3, 0.4) is 0 Å². The molecule has 0 unspecified atom stereocenters. The SMILES string of the molecule is Cc1cc(-c2ccc(N3CCSCC3)nn2)n[nH]1. The lowest BCUT2D eigenvalue weighted by atomic mass is 10.2. The molecule has 5 nitrogen and oxygen atoms in total. The number of rotatable bonds is 2. The molecule has 1 aliphatic rings. The van der Waals surface area contributed by atoms with Gasteiger partial charge in [0.2, 0.25) is 0 Å². The molecule has 3 heterocycles. The minimum absolute atomic E-state index is 0.814. The van der Waals surface area contributed by atoms with Crippen LogP contribution in [0.25, 0.3) is 11.4 Å². The molecule has 1 N–H and O–H groups in total. The summed E-state index contributed by atoms with van der Waals surface area (Å²) in [6.45, 7) is 4.09. The van der Waals surface area contributed by atoms with E-state index in [1.807, 2.05) is 36.9 Å². The molecule has 1 fully saturated rings. The molecule has 0 aliphatic carbocycles. The smallest absolute Gasteiger partial charge is 0.151 e. The average molecular weight is 261 g/mol. The van der Waals surface area contributed by atoms with Gasteiger partial charge < -0.3 is 4.90 Å². The molecule has 1 aliphatic heterocycles. The standard InChI is InChI=1S/C12H15N5S/c1-9-8-11(15-13-9)10-2-3-12(16-14-10)17-4-6-18-7-5-17/h2-3,8H,4-7H2,1H3,(H,13,15). The van der Waals surface area contributed by atoms with E-state index in [1.54, 1.807) is 0 Å². The first-order chi connectivity index (χ1) is 8.83. The summed E-state index contributed by atoms with van der Waals surface area (Å²) in [5, 5.41) is 15.7. The van der Waals surface area contributed by atoms with Crippen LogP contribution in [0.5, 0.6) is 0 Å². The molecule has 2 aromatic rings. The summed E-state index contributed by atoms with van der Waals surface area (Å²) in [5.74, 6) is 3.30. The quantitative estimate of drug-likeness (QED) is 0.892. The van der Waals surface area contributed by atoms with Crippen molar-refractivity contribution in [1.29, 1.82) is 0 Å². The number of aromatic nitrogens is 4. The lowest BCUT2D eigenvalue weighted by Crippen LogP contribution is -2.33. The highest BCUT2D eigenvalue weighted by Crippen LogP contribution is 2.19. The number of nitrogens with one attached hydrogen (secondary N) is 1. The Morgan fingerprint density at radius 3 is 2.61 bits per heavy atom. The largest absolute Gasteiger partial charge is 0.353 e. The van der Waals surface area contributed by atoms with Crippen molar-refractivity contribution in [2.75, 3.05) is 29.5 Å². The van der Waals surface area contributed by atoms with E-state index in [1.165, 1.54) is 11.5 Å². The first kappa shape index (κ1) is 11.5. The zero-order valence-electron chi connectivity index (χ0n) is 10.3. The van der Waals surface area contributed by atoms with Gasteiger partial charge in [-0.15, -0.1) is 10.2 Å². The Morgan fingerprint density at radius 1 is 1.17 bits per heavy atom. The monoisotopic (exact) mass is 261 g/mol. The third kappa shape index (κ3) is 2.33. The molecule has 18 heavy (non-hydrogen) atoms. The van der Waals surface area contributed by atoms with Gasteiger partial charge in [0.15, 0.2) is 5.82 Å². The third-order valence-corrected chi connectivity index (χ3v) is 3.90. The molecule has 6 heteroatoms. The first-order valence-electron chi connectivity index (χ1n) is 6.02. The van der Waals surface area contributed by atoms with Gasteiger partial charge in [-0.25, -0.2) is 0 Å². The lowest BCUT2D eigenvalue weighted by molar-refractivity contribution is 0.819. The summed E-state index contributed by atoms with van der Waals surface area (Å²) in [5.41, 5.74) is 2.69. The Kier molecular flexibility index (Phi) is 3.19. The molecule has 3 rings (SSSR count). The molecule has 0 atom stereocenters. The van der Waals surface area contributed by atoms with Crippen molar-refractivity contribution >= 4 is 17.6 Å². The fraction of sp³-hybridized carbons (Fsp3) is 0.417. The van der Waals surface area contributed by atoms with E-state index in [0.29, 0.717) is 0 Å². The van der Waals surface area contributed by atoms with Gasteiger partial charge in [0.05, 0.1) is 0 Å². The van der Waals surface area contributed by atoms with Gasteiger partial charge in [-0.3, -0.25) is 5.10 Å². The van der Waals surface area contributed by atoms with Crippen LogP contribution >= 0.6 is 11.8 Å². The zero-order chi connectivity index (χ0) is 12.4. The van der Waals surface area contributed by atoms with Crippen LogP contribution in [-0.2, 0) is 0 Å². The summed E-state index contributed by atoms with van der Waals surface area (Å²) < 4.78 is 0. The summed E-state index contributed by atoms with van der Waals surface area (Å²) in [7, 11) is 0. The molecular formula is C12H15N5S. The number of anilines is 1. The van der Waals surface area contributed by atoms with E-state index in [9.17, 15) is 0 Å². The van der Waals surface area contributed by atoms with Crippen molar-refractivity contribution in [1.82, 2.24) is 20.4 Å². The molecule has 0 radical (unpaired) electrons. The Balaban J connectivity index is 1.80. The van der Waals surface area contributed by atoms with Gasteiger partial charge in [-0.1, -0.05) is 0 Å². The van der Waals surface area contributed by atoms with E-state index >= 15 is 0 Å². The van der Waals surface area contributed by atoms with Crippen molar-refractivity contribution in [3.63, 3.8) is 0 Å². The highest BCUT2D eigenvalue weighted by atomic mass is 32.2. The Hall–Kier alpha value is -1.56. The molecular weight excluding hydrogens is 246 g/mol. The van der Waals surface area contributed by atoms with Gasteiger partial charge in [0, 0.05) is 30.3 Å². The molecule has 0 spiro atoms. The van der Waals surface area contributed by atoms with Crippen molar-refractivity contribution in [3.05, 3.63) is 23.9 Å². The van der Waals surface area contributed by atoms with Crippen molar-refractivity contribution in [2.24, 2.45) is 0 Å². The second-order valence-corrected chi connectivity index (χ2v) is 5.54. The average Bonchev–Trinajstić information content (AvgIpc) is 2.87. The Bertz CT molecular complexity index is 516. The van der Waals surface area contributed by atoms with Crippen molar-refractivity contribution in [3.8, 4) is 11.4 Å². The first-order valence-corrected chi connectivity index (χ1v) is 7.17. The number of nitrogens with zero attached hydrogens (tertiary/aromatic N) is 4. The highest BCUT2D eigenvalue weighted by Gasteiger charge is 2.13. The Morgan fingerprint density at radius 2 is 2.00 bits per heavy atom. The highest BCUT2D eigenvalue weighted by molar-refractivity contribution is 7.99. The summed E-state index contributed by atoms with van der Waals surface area (Å²) in [6, 6.07) is 5.99. The summed E-state index contributed by atoms with van der Waals surface area (Å²) in [6.07, 6.45) is 0. The van der Waals surface area contributed by atoms with Gasteiger partial charge in [0.1, 0.15) is 11.4 Å². The topological polar surface area (TPSA) is 57.7 Å². The van der Waals surface area contributed by atoms with Gasteiger partial charge in [0.25, 0.3) is 0 Å². The number of aryl methyl sites for hydroxylation is 1. The van der Waals surface area contributed by atoms with Crippen LogP contribution in [0, 0.1) is 6.92 Å². The molecule has 2 aromatic heterocycles. The fourth-order valence-corrected chi connectivity index (χ4v) is 2.88. The van der Waals surface area contributed by atoms with Crippen LogP contribution in [0.4, 0.5) is 5.82 Å². The van der Waals surface area contributed by atoms with E-state index in [0.717, 1.165) is 36.0 Å². The van der Waals surface area contributed by atoms with Gasteiger partial charge >= 0.3 is 0 Å². The normalized spacial score (nSPS) is 15.9. The zero-order valence-corrected chi connectivity index (χ0v) is 11.1. The lowest BCUT2D eigenvalue weighted by Gasteiger charge is -2.26. The molecule has 0 saturated carbocycles. The van der Waals surface area contributed by atoms with Crippen molar-refractivity contribution < 1.29 is 0 Å². The van der Waals surface area contributed by atoms with Crippen LogP contribution in [-0.4, -0.2) is 45.0 Å². The van der Waals surface area contributed by atoms with Gasteiger partial charge in [-0.05, 0) is 25.1 Å². The summed E-state index contributed by atoms with van der Waals surface area (Å²) >= 11 is 1.99. The predicted octanol–water partition coefficient (Wildman–Crippen LogP) is 1.73. The number of hydrogen-bond donors (Lipinski definition) is 1. The minimum atomic E-state index is 0.814. The van der Waals surface area contributed by atoms with Crippen LogP contribution in [0.2, 0.25) is 0 Å². The van der Waals surface area contributed by atoms with Gasteiger partial charge in [-0.2, -0.15) is 16.9 Å². The van der Waals surface area contributed by atoms with E-state index in [-0.39, 0.29) is 0 Å². The number of H-pyrrole nitrogens is 1. The maximum absolute atomic E-state index is 4.30. The van der Waals surface area contributed by atoms with E-state index in [2.05, 4.69) is 25.3 Å². The minimum Gasteiger partial charge on any atom is -0.353 e. The maximum atomic E-state index is 4.30. The molecule has 0 aromatic carbocycles. The second kappa shape index (κ2) is 4.97. The van der Waals surface area contributed by atoms with E-state index < -0.39 is 0 Å². The number of hydrogen-bond acceptors (Lipinski definition) is 5. The molecule has 0 bridgehead atoms. The maximum Gasteiger partial charge on any atom is 0.151 e. The molecule has 0 amide bonds. The number of aromatic amines is 1. The van der Waals surface area contributed by atoms with Crippen LogP contribution < -0.4 is 4.90 Å².